The molecule has 1 unspecified atom stereocenters. The summed E-state index contributed by atoms with van der Waals surface area (Å²) in [6.07, 6.45) is 0. The number of nitrogens with one attached hydrogen (secondary N) is 1. The molecule has 0 aliphatic carbocycles. The van der Waals surface area contributed by atoms with Gasteiger partial charge in [0.1, 0.15) is 12.1 Å². The average Bonchev–Trinajstić information content (AvgIpc) is 2.50. The molecular formula is C16H11F2N3. The highest BCUT2D eigenvalue weighted by molar-refractivity contribution is 5.67. The minimum Gasteiger partial charge on any atom is -0.376 e. The van der Waals surface area contributed by atoms with E-state index in [2.05, 4.69) is 5.32 Å². The van der Waals surface area contributed by atoms with Crippen LogP contribution in [0.2, 0.25) is 0 Å². The zero-order valence-electron chi connectivity index (χ0n) is 11.2. The van der Waals surface area contributed by atoms with Crippen LogP contribution in [0.25, 0.3) is 0 Å². The minimum atomic E-state index is -0.935. The molecule has 0 aliphatic rings. The summed E-state index contributed by atoms with van der Waals surface area (Å²) < 4.78 is 26.2. The number of nitrogens with zero attached hydrogens (tertiary/aromatic N) is 2. The van der Waals surface area contributed by atoms with Gasteiger partial charge in [-0.15, -0.1) is 0 Å². The van der Waals surface area contributed by atoms with Gasteiger partial charge in [-0.3, -0.25) is 0 Å². The average molecular weight is 283 g/mol. The van der Waals surface area contributed by atoms with Crippen molar-refractivity contribution in [3.8, 4) is 12.1 Å². The van der Waals surface area contributed by atoms with Gasteiger partial charge in [0.2, 0.25) is 0 Å². The Morgan fingerprint density at radius 1 is 1.00 bits per heavy atom. The quantitative estimate of drug-likeness (QED) is 0.929. The van der Waals surface area contributed by atoms with Crippen LogP contribution in [-0.2, 0) is 0 Å². The topological polar surface area (TPSA) is 59.6 Å². The van der Waals surface area contributed by atoms with Crippen molar-refractivity contribution in [3.63, 3.8) is 0 Å². The van der Waals surface area contributed by atoms with Crippen LogP contribution in [-0.4, -0.2) is 0 Å². The molecule has 0 spiro atoms. The molecule has 0 amide bonds. The predicted molar refractivity (Wildman–Crippen MR) is 74.3 cm³/mol. The maximum absolute atomic E-state index is 13.3. The van der Waals surface area contributed by atoms with Gasteiger partial charge in [0.25, 0.3) is 0 Å². The number of benzene rings is 2. The fourth-order valence-corrected chi connectivity index (χ4v) is 1.98. The first-order valence-electron chi connectivity index (χ1n) is 6.21. The van der Waals surface area contributed by atoms with E-state index in [1.165, 1.54) is 6.07 Å². The zero-order chi connectivity index (χ0) is 15.4. The molecule has 0 aliphatic heterocycles. The summed E-state index contributed by atoms with van der Waals surface area (Å²) in [6.45, 7) is 1.74. The lowest BCUT2D eigenvalue weighted by Gasteiger charge is -2.18. The Balaban J connectivity index is 2.36. The molecule has 104 valence electrons. The fourth-order valence-electron chi connectivity index (χ4n) is 1.98. The largest absolute Gasteiger partial charge is 0.376 e. The van der Waals surface area contributed by atoms with Gasteiger partial charge in [-0.1, -0.05) is 12.1 Å². The third kappa shape index (κ3) is 2.98. The molecule has 21 heavy (non-hydrogen) atoms. The lowest BCUT2D eigenvalue weighted by atomic mass is 10.0. The lowest BCUT2D eigenvalue weighted by Crippen LogP contribution is -2.10. The minimum absolute atomic E-state index is 0.323. The first kappa shape index (κ1) is 14.5. The van der Waals surface area contributed by atoms with Gasteiger partial charge in [0.05, 0.1) is 16.8 Å². The van der Waals surface area contributed by atoms with Crippen LogP contribution in [0, 0.1) is 34.3 Å². The van der Waals surface area contributed by atoms with Gasteiger partial charge >= 0.3 is 0 Å². The van der Waals surface area contributed by atoms with E-state index in [0.717, 1.165) is 12.1 Å². The summed E-state index contributed by atoms with van der Waals surface area (Å²) in [5.41, 5.74) is 1.55. The molecule has 2 aromatic carbocycles. The van der Waals surface area contributed by atoms with Crippen molar-refractivity contribution in [2.24, 2.45) is 0 Å². The van der Waals surface area contributed by atoms with Gasteiger partial charge in [-0.05, 0) is 36.8 Å². The Kier molecular flexibility index (Phi) is 4.15. The first-order chi connectivity index (χ1) is 10.1. The van der Waals surface area contributed by atoms with Crippen molar-refractivity contribution in [1.82, 2.24) is 0 Å². The third-order valence-corrected chi connectivity index (χ3v) is 3.11. The molecule has 0 fully saturated rings. The molecule has 0 bridgehead atoms. The van der Waals surface area contributed by atoms with E-state index in [9.17, 15) is 8.78 Å². The fraction of sp³-hybridized carbons (Fsp3) is 0.125. The van der Waals surface area contributed by atoms with Crippen molar-refractivity contribution in [1.29, 1.82) is 10.5 Å². The van der Waals surface area contributed by atoms with Crippen molar-refractivity contribution >= 4 is 5.69 Å². The first-order valence-corrected chi connectivity index (χ1v) is 6.21. The van der Waals surface area contributed by atoms with Crippen LogP contribution >= 0.6 is 0 Å². The highest BCUT2D eigenvalue weighted by atomic mass is 19.2. The van der Waals surface area contributed by atoms with Gasteiger partial charge in [0.15, 0.2) is 11.6 Å². The summed E-state index contributed by atoms with van der Waals surface area (Å²) in [7, 11) is 0. The molecule has 0 saturated carbocycles. The van der Waals surface area contributed by atoms with E-state index in [1.807, 2.05) is 12.1 Å². The Morgan fingerprint density at radius 2 is 1.62 bits per heavy atom. The van der Waals surface area contributed by atoms with Gasteiger partial charge in [0, 0.05) is 6.04 Å². The SMILES string of the molecule is CC(Nc1c(C#N)cccc1C#N)c1ccc(F)c(F)c1. The third-order valence-electron chi connectivity index (χ3n) is 3.11. The molecule has 0 aromatic heterocycles. The molecule has 2 rings (SSSR count). The molecule has 1 N–H and O–H groups in total. The highest BCUT2D eigenvalue weighted by Gasteiger charge is 2.13. The Labute approximate surface area is 121 Å². The van der Waals surface area contributed by atoms with Crippen molar-refractivity contribution in [3.05, 3.63) is 64.7 Å². The van der Waals surface area contributed by atoms with Crippen LogP contribution in [0.15, 0.2) is 36.4 Å². The molecule has 0 saturated heterocycles. The second-order valence-corrected chi connectivity index (χ2v) is 4.49. The molecule has 0 heterocycles. The van der Waals surface area contributed by atoms with Gasteiger partial charge in [-0.2, -0.15) is 10.5 Å². The molecular weight excluding hydrogens is 272 g/mol. The summed E-state index contributed by atoms with van der Waals surface area (Å²) in [5, 5.41) is 21.2. The van der Waals surface area contributed by atoms with Crippen LogP contribution in [0.4, 0.5) is 14.5 Å². The Hall–Kier alpha value is -2.92. The van der Waals surface area contributed by atoms with E-state index >= 15 is 0 Å². The van der Waals surface area contributed by atoms with Crippen LogP contribution in [0.3, 0.4) is 0 Å². The van der Waals surface area contributed by atoms with E-state index in [1.54, 1.807) is 25.1 Å². The molecule has 2 aromatic rings. The Morgan fingerprint density at radius 3 is 2.14 bits per heavy atom. The van der Waals surface area contributed by atoms with E-state index in [4.69, 9.17) is 10.5 Å². The Bertz CT molecular complexity index is 725. The smallest absolute Gasteiger partial charge is 0.159 e. The van der Waals surface area contributed by atoms with Crippen molar-refractivity contribution in [2.75, 3.05) is 5.32 Å². The highest BCUT2D eigenvalue weighted by Crippen LogP contribution is 2.26. The summed E-state index contributed by atoms with van der Waals surface area (Å²) >= 11 is 0. The number of anilines is 1. The van der Waals surface area contributed by atoms with Crippen LogP contribution in [0.5, 0.6) is 0 Å². The standard InChI is InChI=1S/C16H11F2N3/c1-10(11-5-6-14(17)15(18)7-11)21-16-12(8-19)3-2-4-13(16)9-20/h2-7,10,21H,1H3. The van der Waals surface area contributed by atoms with Crippen LogP contribution in [0.1, 0.15) is 29.7 Å². The predicted octanol–water partition coefficient (Wildman–Crippen LogP) is 3.88. The molecule has 0 radical (unpaired) electrons. The molecule has 1 atom stereocenters. The van der Waals surface area contributed by atoms with Crippen LogP contribution < -0.4 is 5.32 Å². The number of hydrogen-bond donors (Lipinski definition) is 1. The maximum atomic E-state index is 13.3. The maximum Gasteiger partial charge on any atom is 0.159 e. The number of para-hydroxylation sites is 1. The second kappa shape index (κ2) is 6.02. The van der Waals surface area contributed by atoms with E-state index < -0.39 is 11.6 Å². The number of rotatable bonds is 3. The van der Waals surface area contributed by atoms with E-state index in [-0.39, 0.29) is 6.04 Å². The number of nitriles is 2. The zero-order valence-corrected chi connectivity index (χ0v) is 11.2. The number of hydrogen-bond acceptors (Lipinski definition) is 3. The van der Waals surface area contributed by atoms with Crippen molar-refractivity contribution < 1.29 is 8.78 Å². The number of halogens is 2. The molecule has 5 heteroatoms. The summed E-state index contributed by atoms with van der Waals surface area (Å²) in [6, 6.07) is 12.0. The monoisotopic (exact) mass is 283 g/mol. The summed E-state index contributed by atoms with van der Waals surface area (Å²) in [4.78, 5) is 0. The van der Waals surface area contributed by atoms with E-state index in [0.29, 0.717) is 22.4 Å². The van der Waals surface area contributed by atoms with Gasteiger partial charge in [-0.25, -0.2) is 8.78 Å². The summed E-state index contributed by atoms with van der Waals surface area (Å²) in [5.74, 6) is -1.85. The molecule has 3 nitrogen and oxygen atoms in total. The van der Waals surface area contributed by atoms with Gasteiger partial charge < -0.3 is 5.32 Å². The normalized spacial score (nSPS) is 11.3. The second-order valence-electron chi connectivity index (χ2n) is 4.49. The lowest BCUT2D eigenvalue weighted by molar-refractivity contribution is 0.506. The van der Waals surface area contributed by atoms with Crippen molar-refractivity contribution in [2.45, 2.75) is 13.0 Å².